The smallest absolute Gasteiger partial charge is 0.870 e. The van der Waals surface area contributed by atoms with Crippen LogP contribution in [-0.2, 0) is 16.5 Å². The zero-order valence-electron chi connectivity index (χ0n) is 21.0. The van der Waals surface area contributed by atoms with Crippen molar-refractivity contribution in [2.45, 2.75) is 18.2 Å². The largest absolute Gasteiger partial charge is 1.00 e. The van der Waals surface area contributed by atoms with Crippen LogP contribution in [0.4, 0.5) is 17.1 Å². The number of ether oxygens (including phenoxy) is 1. The molecule has 196 valence electrons. The Morgan fingerprint density at radius 1 is 1.03 bits per heavy atom. The molecule has 0 saturated carbocycles. The van der Waals surface area contributed by atoms with Gasteiger partial charge < -0.3 is 15.2 Å². The van der Waals surface area contributed by atoms with E-state index < -0.39 is 26.7 Å². The van der Waals surface area contributed by atoms with Gasteiger partial charge in [-0.1, -0.05) is 66.2 Å². The minimum atomic E-state index is -4.69. The molecular formula is C26H20Cl2N3NaO6S. The predicted molar refractivity (Wildman–Crippen MR) is 144 cm³/mol. The maximum atomic E-state index is 13.5. The number of carbonyl (C=O) groups excluding carboxylic acids is 1. The molecule has 0 radical (unpaired) electrons. The molecule has 0 spiro atoms. The molecule has 0 aliphatic carbocycles. The van der Waals surface area contributed by atoms with Crippen LogP contribution in [-0.4, -0.2) is 26.0 Å². The van der Waals surface area contributed by atoms with Gasteiger partial charge >= 0.3 is 29.6 Å². The Morgan fingerprint density at radius 3 is 2.38 bits per heavy atom. The Morgan fingerprint density at radius 2 is 1.72 bits per heavy atom. The van der Waals surface area contributed by atoms with E-state index >= 15 is 0 Å². The number of nitrogens with zero attached hydrogens (tertiary/aromatic N) is 2. The Hall–Kier alpha value is -2.70. The zero-order valence-corrected chi connectivity index (χ0v) is 25.4. The molecule has 4 rings (SSSR count). The van der Waals surface area contributed by atoms with E-state index in [2.05, 4.69) is 15.5 Å². The second kappa shape index (κ2) is 12.6. The average molecular weight is 596 g/mol. The first-order valence-corrected chi connectivity index (χ1v) is 13.3. The fraction of sp³-hybridized carbons (Fsp3) is 0.115. The predicted octanol–water partition coefficient (Wildman–Crippen LogP) is 3.71. The van der Waals surface area contributed by atoms with Crippen LogP contribution < -0.4 is 44.7 Å². The van der Waals surface area contributed by atoms with Crippen LogP contribution in [0.15, 0.2) is 75.8 Å². The van der Waals surface area contributed by atoms with Gasteiger partial charge in [0.1, 0.15) is 22.0 Å². The van der Waals surface area contributed by atoms with Gasteiger partial charge in [0.2, 0.25) is 0 Å². The number of carbonyl (C=O) groups is 1. The first-order chi connectivity index (χ1) is 18.1. The monoisotopic (exact) mass is 595 g/mol. The molecule has 0 heterocycles. The molecule has 9 nitrogen and oxygen atoms in total. The Balaban J connectivity index is 0.00000420. The van der Waals surface area contributed by atoms with Crippen LogP contribution >= 0.6 is 23.2 Å². The molecule has 4 aromatic carbocycles. The molecule has 0 aliphatic rings. The minimum absolute atomic E-state index is 0. The normalized spacial score (nSPS) is 11.4. The number of amides is 1. The molecule has 0 bridgehead atoms. The number of benzene rings is 4. The van der Waals surface area contributed by atoms with Gasteiger partial charge in [-0.25, -0.2) is 0 Å². The van der Waals surface area contributed by atoms with E-state index in [-0.39, 0.29) is 68.6 Å². The quantitative estimate of drug-likeness (QED) is 0.189. The summed E-state index contributed by atoms with van der Waals surface area (Å²) in [6, 6.07) is 15.3. The van der Waals surface area contributed by atoms with Crippen LogP contribution in [0.25, 0.3) is 10.8 Å². The number of anilines is 1. The van der Waals surface area contributed by atoms with Crippen LogP contribution in [0.2, 0.25) is 10.0 Å². The van der Waals surface area contributed by atoms with Gasteiger partial charge in [0, 0.05) is 16.0 Å². The maximum absolute atomic E-state index is 13.5. The summed E-state index contributed by atoms with van der Waals surface area (Å²) in [5, 5.41) is 25.5. The molecule has 0 atom stereocenters. The van der Waals surface area contributed by atoms with Gasteiger partial charge in [-0.05, 0) is 47.7 Å². The topological polar surface area (TPSA) is 140 Å². The van der Waals surface area contributed by atoms with Gasteiger partial charge in [0.25, 0.3) is 16.0 Å². The van der Waals surface area contributed by atoms with Crippen molar-refractivity contribution < 1.29 is 57.2 Å². The number of para-hydroxylation sites is 1. The van der Waals surface area contributed by atoms with E-state index in [0.717, 1.165) is 6.07 Å². The van der Waals surface area contributed by atoms with Crippen LogP contribution in [0.3, 0.4) is 0 Å². The molecule has 4 aromatic rings. The second-order valence-electron chi connectivity index (χ2n) is 8.00. The number of methoxy groups -OCH3 is 1. The first-order valence-electron chi connectivity index (χ1n) is 11.1. The average Bonchev–Trinajstić information content (AvgIpc) is 2.88. The molecule has 0 aliphatic heterocycles. The number of rotatable bonds is 7. The van der Waals surface area contributed by atoms with E-state index in [4.69, 9.17) is 27.9 Å². The molecule has 0 unspecified atom stereocenters. The molecule has 0 fully saturated rings. The summed E-state index contributed by atoms with van der Waals surface area (Å²) in [6.45, 7) is 1.72. The van der Waals surface area contributed by atoms with Crippen molar-refractivity contribution in [1.82, 2.24) is 0 Å². The first kappa shape index (κ1) is 30.8. The molecule has 0 saturated heterocycles. The summed E-state index contributed by atoms with van der Waals surface area (Å²) in [4.78, 5) is 12.7. The van der Waals surface area contributed by atoms with Gasteiger partial charge in [-0.15, -0.1) is 5.11 Å². The number of fused-ring (bicyclic) bond motifs is 1. The van der Waals surface area contributed by atoms with Crippen molar-refractivity contribution in [3.05, 3.63) is 81.8 Å². The third kappa shape index (κ3) is 6.38. The summed E-state index contributed by atoms with van der Waals surface area (Å²) in [6.07, 6.45) is 0.268. The van der Waals surface area contributed by atoms with E-state index in [1.807, 2.05) is 0 Å². The standard InChI is InChI=1S/C26H21Cl2N3O6S.Na/c1-3-15-18(27)11-12-21(38(34,35)36)22(15)30-31-23-16-8-5-4-7-14(16)13-17(25(23)32)26(33)29-24-19(28)9-6-10-20(24)37-2;/h4-13,32H,3H2,1-2H3,(H,29,33)(H,34,35,36);/q;+1/p-1. The van der Waals surface area contributed by atoms with E-state index in [1.54, 1.807) is 49.4 Å². The van der Waals surface area contributed by atoms with Crippen molar-refractivity contribution >= 4 is 67.1 Å². The fourth-order valence-electron chi connectivity index (χ4n) is 3.90. The van der Waals surface area contributed by atoms with Gasteiger partial charge in [0.05, 0.1) is 17.8 Å². The SMILES string of the molecule is CCc1c(Cl)ccc(S(=O)(=O)O)c1N=Nc1c([O-])c(C(=O)Nc2c(Cl)cccc2OC)cc2ccccc12.[Na+]. The van der Waals surface area contributed by atoms with Crippen molar-refractivity contribution in [2.24, 2.45) is 10.2 Å². The fourth-order valence-corrected chi connectivity index (χ4v) is 5.05. The second-order valence-corrected chi connectivity index (χ2v) is 10.2. The van der Waals surface area contributed by atoms with E-state index in [1.165, 1.54) is 19.2 Å². The van der Waals surface area contributed by atoms with Crippen LogP contribution in [0.1, 0.15) is 22.8 Å². The maximum Gasteiger partial charge on any atom is 1.00 e. The molecule has 39 heavy (non-hydrogen) atoms. The summed E-state index contributed by atoms with van der Waals surface area (Å²) < 4.78 is 39.0. The number of azo groups is 1. The minimum Gasteiger partial charge on any atom is -0.870 e. The Kier molecular flexibility index (Phi) is 10.0. The van der Waals surface area contributed by atoms with E-state index in [9.17, 15) is 22.9 Å². The Labute approximate surface area is 256 Å². The molecular weight excluding hydrogens is 576 g/mol. The summed E-state index contributed by atoms with van der Waals surface area (Å²) >= 11 is 12.5. The van der Waals surface area contributed by atoms with Crippen LogP contribution in [0.5, 0.6) is 11.5 Å². The number of halogens is 2. The van der Waals surface area contributed by atoms with Crippen molar-refractivity contribution in [2.75, 3.05) is 12.4 Å². The van der Waals surface area contributed by atoms with Crippen LogP contribution in [0, 0.1) is 0 Å². The molecule has 13 heteroatoms. The van der Waals surface area contributed by atoms with Gasteiger partial charge in [-0.2, -0.15) is 13.5 Å². The third-order valence-electron chi connectivity index (χ3n) is 5.72. The summed E-state index contributed by atoms with van der Waals surface area (Å²) in [5.41, 5.74) is -0.176. The number of hydrogen-bond donors (Lipinski definition) is 2. The van der Waals surface area contributed by atoms with Crippen molar-refractivity contribution in [3.8, 4) is 11.5 Å². The van der Waals surface area contributed by atoms with Crippen molar-refractivity contribution in [1.29, 1.82) is 0 Å². The van der Waals surface area contributed by atoms with Gasteiger partial charge in [-0.3, -0.25) is 9.35 Å². The Bertz CT molecular complexity index is 1710. The number of hydrogen-bond acceptors (Lipinski definition) is 7. The van der Waals surface area contributed by atoms with E-state index in [0.29, 0.717) is 22.1 Å². The van der Waals surface area contributed by atoms with Gasteiger partial charge in [0.15, 0.2) is 0 Å². The molecule has 0 aromatic heterocycles. The third-order valence-corrected chi connectivity index (χ3v) is 7.28. The zero-order chi connectivity index (χ0) is 27.6. The molecule has 2 N–H and O–H groups in total. The summed E-state index contributed by atoms with van der Waals surface area (Å²) in [5.74, 6) is -1.23. The molecule has 1 amide bonds. The van der Waals surface area contributed by atoms with Crippen molar-refractivity contribution in [3.63, 3.8) is 0 Å². The summed E-state index contributed by atoms with van der Waals surface area (Å²) in [7, 11) is -3.27. The number of nitrogens with one attached hydrogen (secondary N) is 1.